The molecule has 0 spiro atoms. The first-order valence-electron chi connectivity index (χ1n) is 4.25. The second-order valence-electron chi connectivity index (χ2n) is 3.19. The largest absolute Gasteiger partial charge is 0.486 e. The van der Waals surface area contributed by atoms with Crippen LogP contribution in [0.4, 0.5) is 4.39 Å². The van der Waals surface area contributed by atoms with Gasteiger partial charge in [0.2, 0.25) is 0 Å². The van der Waals surface area contributed by atoms with Gasteiger partial charge in [-0.05, 0) is 44.6 Å². The normalized spacial score (nSPS) is 22.5. The van der Waals surface area contributed by atoms with Crippen molar-refractivity contribution in [2.45, 2.75) is 5.67 Å². The molecule has 0 bridgehead atoms. The summed E-state index contributed by atoms with van der Waals surface area (Å²) in [5.74, 6) is -0.700. The molecule has 4 nitrogen and oxygen atoms in total. The number of esters is 1. The maximum atomic E-state index is 14.4. The Kier molecular flexibility index (Phi) is 3.08. The quantitative estimate of drug-likeness (QED) is 0.411. The third-order valence-electron chi connectivity index (χ3n) is 2.25. The van der Waals surface area contributed by atoms with Crippen molar-refractivity contribution in [2.24, 2.45) is 0 Å². The third kappa shape index (κ3) is 1.69. The molecule has 0 fully saturated rings. The van der Waals surface area contributed by atoms with Crippen LogP contribution in [0.3, 0.4) is 0 Å². The number of hydrogen-bond acceptors (Lipinski definition) is 4. The molecular weight excluding hydrogens is 396 g/mol. The molecule has 0 radical (unpaired) electrons. The van der Waals surface area contributed by atoms with Crippen LogP contribution in [0.15, 0.2) is 10.7 Å². The monoisotopic (exact) mass is 401 g/mol. The van der Waals surface area contributed by atoms with E-state index in [-0.39, 0.29) is 17.9 Å². The minimum atomic E-state index is -2.24. The van der Waals surface area contributed by atoms with Crippen LogP contribution in [0.2, 0.25) is 0 Å². The fourth-order valence-electron chi connectivity index (χ4n) is 1.48. The summed E-state index contributed by atoms with van der Waals surface area (Å²) in [6, 6.07) is 1.48. The van der Waals surface area contributed by atoms with Gasteiger partial charge in [0.05, 0.1) is 12.7 Å². The number of rotatable bonds is 1. The number of methoxy groups -OCH3 is 1. The molecule has 1 atom stereocenters. The Bertz CT molecular complexity index is 470. The van der Waals surface area contributed by atoms with Crippen LogP contribution in [-0.2, 0) is 15.2 Å². The lowest BCUT2D eigenvalue weighted by atomic mass is 10.00. The summed E-state index contributed by atoms with van der Waals surface area (Å²) in [5.41, 5.74) is -2.08. The van der Waals surface area contributed by atoms with Gasteiger partial charge in [-0.2, -0.15) is 0 Å². The Hall–Kier alpha value is -0.440. The standard InChI is InChI=1S/C9H6BrFINO3/c1-15-8(14)9(11)3-16-6-4(9)2-5(12)13-7(6)10/h2H,3H2,1H3. The molecule has 1 unspecified atom stereocenters. The number of ether oxygens (including phenoxy) is 2. The van der Waals surface area contributed by atoms with Gasteiger partial charge in [-0.1, -0.05) is 0 Å². The topological polar surface area (TPSA) is 48.4 Å². The minimum absolute atomic E-state index is 0.158. The third-order valence-corrected chi connectivity index (χ3v) is 3.34. The molecule has 0 aliphatic carbocycles. The Morgan fingerprint density at radius 2 is 2.50 bits per heavy atom. The van der Waals surface area contributed by atoms with Gasteiger partial charge in [0.25, 0.3) is 5.67 Å². The second kappa shape index (κ2) is 4.10. The molecule has 1 aliphatic heterocycles. The van der Waals surface area contributed by atoms with Crippen molar-refractivity contribution in [1.82, 2.24) is 4.98 Å². The Labute approximate surface area is 113 Å². The number of alkyl halides is 1. The van der Waals surface area contributed by atoms with Crippen LogP contribution in [0.1, 0.15) is 5.56 Å². The Morgan fingerprint density at radius 3 is 3.12 bits per heavy atom. The molecule has 2 heterocycles. The van der Waals surface area contributed by atoms with E-state index in [1.165, 1.54) is 6.07 Å². The zero-order valence-electron chi connectivity index (χ0n) is 8.09. The molecular formula is C9H6BrFINO3. The molecule has 2 rings (SSSR count). The van der Waals surface area contributed by atoms with Crippen molar-refractivity contribution in [1.29, 1.82) is 0 Å². The van der Waals surface area contributed by atoms with Crippen molar-refractivity contribution >= 4 is 44.5 Å². The predicted octanol–water partition coefficient (Wildman–Crippen LogP) is 2.18. The van der Waals surface area contributed by atoms with Crippen LogP contribution < -0.4 is 4.74 Å². The fourth-order valence-corrected chi connectivity index (χ4v) is 2.89. The molecule has 0 saturated carbocycles. The number of pyridine rings is 1. The molecule has 1 aromatic heterocycles. The van der Waals surface area contributed by atoms with E-state index in [4.69, 9.17) is 4.74 Å². The zero-order chi connectivity index (χ0) is 11.9. The van der Waals surface area contributed by atoms with Gasteiger partial charge in [-0.3, -0.25) is 0 Å². The molecule has 0 saturated heterocycles. The van der Waals surface area contributed by atoms with E-state index in [2.05, 4.69) is 25.7 Å². The smallest absolute Gasteiger partial charge is 0.352 e. The summed E-state index contributed by atoms with van der Waals surface area (Å²) < 4.78 is 24.9. The summed E-state index contributed by atoms with van der Waals surface area (Å²) in [6.45, 7) is -0.380. The second-order valence-corrected chi connectivity index (χ2v) is 5.05. The van der Waals surface area contributed by atoms with Crippen LogP contribution in [0.25, 0.3) is 0 Å². The molecule has 0 aromatic carbocycles. The van der Waals surface area contributed by atoms with E-state index in [9.17, 15) is 9.18 Å². The number of carbonyl (C=O) groups is 1. The average Bonchev–Trinajstić information content (AvgIpc) is 2.57. The van der Waals surface area contributed by atoms with Crippen LogP contribution in [0, 0.1) is 3.70 Å². The van der Waals surface area contributed by atoms with Crippen molar-refractivity contribution in [3.63, 3.8) is 0 Å². The number of nitrogens with zero attached hydrogens (tertiary/aromatic N) is 1. The summed E-state index contributed by atoms with van der Waals surface area (Å²) >= 11 is 5.10. The Balaban J connectivity index is 2.58. The van der Waals surface area contributed by atoms with E-state index < -0.39 is 11.6 Å². The molecule has 0 N–H and O–H groups in total. The maximum absolute atomic E-state index is 14.4. The molecule has 16 heavy (non-hydrogen) atoms. The van der Waals surface area contributed by atoms with Gasteiger partial charge in [-0.15, -0.1) is 0 Å². The lowest BCUT2D eigenvalue weighted by molar-refractivity contribution is -0.156. The van der Waals surface area contributed by atoms with Gasteiger partial charge in [0.15, 0.2) is 5.75 Å². The molecule has 0 amide bonds. The van der Waals surface area contributed by atoms with Gasteiger partial charge >= 0.3 is 5.97 Å². The number of aromatic nitrogens is 1. The highest BCUT2D eigenvalue weighted by Gasteiger charge is 2.50. The van der Waals surface area contributed by atoms with E-state index in [1.807, 2.05) is 22.6 Å². The number of halogens is 3. The number of carbonyl (C=O) groups excluding carboxylic acids is 1. The first kappa shape index (κ1) is 12.0. The maximum Gasteiger partial charge on any atom is 0.352 e. The highest BCUT2D eigenvalue weighted by atomic mass is 127. The molecule has 1 aliphatic rings. The summed E-state index contributed by atoms with van der Waals surface area (Å²) in [7, 11) is 1.14. The van der Waals surface area contributed by atoms with Gasteiger partial charge < -0.3 is 9.47 Å². The van der Waals surface area contributed by atoms with Crippen molar-refractivity contribution < 1.29 is 18.7 Å². The molecule has 86 valence electrons. The lowest BCUT2D eigenvalue weighted by Gasteiger charge is -2.14. The molecule has 1 aromatic rings. The highest BCUT2D eigenvalue weighted by molar-refractivity contribution is 14.1. The van der Waals surface area contributed by atoms with Crippen molar-refractivity contribution in [2.75, 3.05) is 13.7 Å². The Morgan fingerprint density at radius 1 is 1.81 bits per heavy atom. The summed E-state index contributed by atoms with van der Waals surface area (Å²) in [4.78, 5) is 15.5. The predicted molar refractivity (Wildman–Crippen MR) is 65.0 cm³/mol. The molecule has 7 heteroatoms. The van der Waals surface area contributed by atoms with Gasteiger partial charge in [-0.25, -0.2) is 14.2 Å². The van der Waals surface area contributed by atoms with Crippen LogP contribution in [0.5, 0.6) is 5.75 Å². The lowest BCUT2D eigenvalue weighted by Crippen LogP contribution is -2.33. The fraction of sp³-hybridized carbons (Fsp3) is 0.333. The summed E-state index contributed by atoms with van der Waals surface area (Å²) in [5, 5.41) is 0. The van der Waals surface area contributed by atoms with E-state index in [0.29, 0.717) is 8.30 Å². The van der Waals surface area contributed by atoms with E-state index >= 15 is 0 Å². The number of fused-ring (bicyclic) bond motifs is 1. The van der Waals surface area contributed by atoms with E-state index in [0.717, 1.165) is 7.11 Å². The van der Waals surface area contributed by atoms with Crippen LogP contribution >= 0.6 is 38.5 Å². The van der Waals surface area contributed by atoms with E-state index in [1.54, 1.807) is 0 Å². The average molecular weight is 402 g/mol. The van der Waals surface area contributed by atoms with Crippen LogP contribution in [-0.4, -0.2) is 24.7 Å². The highest BCUT2D eigenvalue weighted by Crippen LogP contribution is 2.44. The zero-order valence-corrected chi connectivity index (χ0v) is 11.8. The van der Waals surface area contributed by atoms with Gasteiger partial charge in [0.1, 0.15) is 14.9 Å². The minimum Gasteiger partial charge on any atom is -0.486 e. The SMILES string of the molecule is COC(=O)C1(F)COc2c1cc(I)nc2Br. The first-order valence-corrected chi connectivity index (χ1v) is 6.13. The van der Waals surface area contributed by atoms with Crippen molar-refractivity contribution in [3.8, 4) is 5.75 Å². The van der Waals surface area contributed by atoms with Crippen molar-refractivity contribution in [3.05, 3.63) is 19.9 Å². The first-order chi connectivity index (χ1) is 7.49. The number of hydrogen-bond donors (Lipinski definition) is 0. The van der Waals surface area contributed by atoms with Gasteiger partial charge in [0, 0.05) is 0 Å². The summed E-state index contributed by atoms with van der Waals surface area (Å²) in [6.07, 6.45) is 0.